The lowest BCUT2D eigenvalue weighted by Crippen LogP contribution is -2.47. The number of halogens is 1. The van der Waals surface area contributed by atoms with E-state index in [0.29, 0.717) is 23.5 Å². The van der Waals surface area contributed by atoms with Crippen LogP contribution in [0.1, 0.15) is 97.5 Å². The Kier molecular flexibility index (Phi) is 10.6. The molecule has 2 aliphatic heterocycles. The molecule has 3 fully saturated rings. The van der Waals surface area contributed by atoms with E-state index in [1.165, 1.54) is 95.5 Å². The molecule has 1 aliphatic carbocycles. The van der Waals surface area contributed by atoms with E-state index in [2.05, 4.69) is 67.5 Å². The molecule has 35 heavy (non-hydrogen) atoms. The van der Waals surface area contributed by atoms with Crippen LogP contribution in [0.15, 0.2) is 18.2 Å². The second kappa shape index (κ2) is 13.0. The maximum atomic E-state index is 6.03. The van der Waals surface area contributed by atoms with Gasteiger partial charge in [0.15, 0.2) is 0 Å². The minimum atomic E-state index is 0. The third kappa shape index (κ3) is 6.87. The highest BCUT2D eigenvalue weighted by Crippen LogP contribution is 2.49. The van der Waals surface area contributed by atoms with E-state index in [9.17, 15) is 0 Å². The molecule has 2 unspecified atom stereocenters. The normalized spacial score (nSPS) is 26.0. The zero-order valence-corrected chi connectivity index (χ0v) is 24.0. The molecule has 1 aromatic rings. The lowest BCUT2D eigenvalue weighted by molar-refractivity contribution is -0.00522. The first kappa shape index (κ1) is 28.6. The quantitative estimate of drug-likeness (QED) is 0.374. The summed E-state index contributed by atoms with van der Waals surface area (Å²) in [6.45, 7) is 19.6. The van der Waals surface area contributed by atoms with Crippen LogP contribution in [0, 0.1) is 5.41 Å². The van der Waals surface area contributed by atoms with Crippen molar-refractivity contribution in [3.8, 4) is 0 Å². The molecule has 0 aromatic heterocycles. The fourth-order valence-electron chi connectivity index (χ4n) is 6.83. The molecule has 0 N–H and O–H groups in total. The monoisotopic (exact) mass is 505 g/mol. The Balaban J connectivity index is 0.00000342. The van der Waals surface area contributed by atoms with Crippen LogP contribution < -0.4 is 9.80 Å². The van der Waals surface area contributed by atoms with Crippen LogP contribution in [-0.2, 0) is 4.74 Å². The van der Waals surface area contributed by atoms with Crippen molar-refractivity contribution < 1.29 is 4.74 Å². The number of anilines is 2. The van der Waals surface area contributed by atoms with E-state index in [-0.39, 0.29) is 12.4 Å². The van der Waals surface area contributed by atoms with Gasteiger partial charge in [0.2, 0.25) is 0 Å². The number of morpholine rings is 1. The summed E-state index contributed by atoms with van der Waals surface area (Å²) in [6.07, 6.45) is 11.4. The number of nitrogens with zero attached hydrogens (tertiary/aromatic N) is 3. The number of hydrogen-bond acceptors (Lipinski definition) is 4. The van der Waals surface area contributed by atoms with Gasteiger partial charge in [-0.3, -0.25) is 4.90 Å². The number of ether oxygens (including phenoxy) is 1. The summed E-state index contributed by atoms with van der Waals surface area (Å²) in [6, 6.07) is 7.45. The first-order valence-electron chi connectivity index (χ1n) is 14.5. The predicted octanol–water partition coefficient (Wildman–Crippen LogP) is 7.11. The van der Waals surface area contributed by atoms with Crippen LogP contribution in [0.25, 0.3) is 0 Å². The fourth-order valence-corrected chi connectivity index (χ4v) is 6.83. The molecular weight excluding hydrogens is 454 g/mol. The van der Waals surface area contributed by atoms with E-state index in [4.69, 9.17) is 4.74 Å². The Morgan fingerprint density at radius 3 is 2.09 bits per heavy atom. The standard InChI is InChI=1S/C30H51N3O.ClH/c1-6-9-16-31-17-19-32(20-18-31)29-11-10-27(33-22-24(4)34-25(5)23-33)21-28(29)26-12-14-30(7-2,8-3)15-13-26;/h10-11,21,24-26H,6-9,12-20,22-23H2,1-5H3;1H. The summed E-state index contributed by atoms with van der Waals surface area (Å²) >= 11 is 0. The highest BCUT2D eigenvalue weighted by molar-refractivity contribution is 5.85. The molecule has 2 atom stereocenters. The number of hydrogen-bond donors (Lipinski definition) is 0. The molecule has 2 heterocycles. The fraction of sp³-hybridized carbons (Fsp3) is 0.800. The highest BCUT2D eigenvalue weighted by atomic mass is 35.5. The largest absolute Gasteiger partial charge is 0.372 e. The Labute approximate surface area is 222 Å². The van der Waals surface area contributed by atoms with Gasteiger partial charge < -0.3 is 14.5 Å². The van der Waals surface area contributed by atoms with Crippen molar-refractivity contribution in [2.24, 2.45) is 5.41 Å². The van der Waals surface area contributed by atoms with Crippen LogP contribution in [0.3, 0.4) is 0 Å². The average Bonchev–Trinajstić information content (AvgIpc) is 2.87. The lowest BCUT2D eigenvalue weighted by atomic mass is 9.66. The number of rotatable bonds is 8. The zero-order chi connectivity index (χ0) is 24.1. The summed E-state index contributed by atoms with van der Waals surface area (Å²) < 4.78 is 6.03. The van der Waals surface area contributed by atoms with Gasteiger partial charge in [0.1, 0.15) is 0 Å². The molecule has 0 spiro atoms. The lowest BCUT2D eigenvalue weighted by Gasteiger charge is -2.42. The van der Waals surface area contributed by atoms with Crippen molar-refractivity contribution >= 4 is 23.8 Å². The van der Waals surface area contributed by atoms with Gasteiger partial charge in [-0.15, -0.1) is 12.4 Å². The molecule has 0 radical (unpaired) electrons. The smallest absolute Gasteiger partial charge is 0.0726 e. The second-order valence-electron chi connectivity index (χ2n) is 11.6. The minimum absolute atomic E-state index is 0. The van der Waals surface area contributed by atoms with Gasteiger partial charge in [0.25, 0.3) is 0 Å². The van der Waals surface area contributed by atoms with Gasteiger partial charge in [-0.05, 0) is 87.6 Å². The predicted molar refractivity (Wildman–Crippen MR) is 154 cm³/mol. The van der Waals surface area contributed by atoms with Gasteiger partial charge in [-0.1, -0.05) is 40.0 Å². The van der Waals surface area contributed by atoms with Crippen LogP contribution in [0.5, 0.6) is 0 Å². The van der Waals surface area contributed by atoms with Crippen LogP contribution >= 0.6 is 12.4 Å². The van der Waals surface area contributed by atoms with Crippen LogP contribution in [0.2, 0.25) is 0 Å². The Bertz CT molecular complexity index is 755. The van der Waals surface area contributed by atoms with Gasteiger partial charge >= 0.3 is 0 Å². The average molecular weight is 506 g/mol. The maximum absolute atomic E-state index is 6.03. The summed E-state index contributed by atoms with van der Waals surface area (Å²) in [7, 11) is 0. The second-order valence-corrected chi connectivity index (χ2v) is 11.6. The zero-order valence-electron chi connectivity index (χ0n) is 23.2. The van der Waals surface area contributed by atoms with Crippen LogP contribution in [-0.4, -0.2) is 62.9 Å². The van der Waals surface area contributed by atoms with Crippen molar-refractivity contribution in [1.82, 2.24) is 4.90 Å². The molecule has 0 bridgehead atoms. The molecule has 200 valence electrons. The number of unbranched alkanes of at least 4 members (excludes halogenated alkanes) is 1. The molecule has 5 heteroatoms. The first-order valence-corrected chi connectivity index (χ1v) is 14.5. The van der Waals surface area contributed by atoms with Gasteiger partial charge in [-0.25, -0.2) is 0 Å². The maximum Gasteiger partial charge on any atom is 0.0726 e. The number of piperazine rings is 1. The van der Waals surface area contributed by atoms with Crippen LogP contribution in [0.4, 0.5) is 11.4 Å². The van der Waals surface area contributed by atoms with Gasteiger partial charge in [0, 0.05) is 50.6 Å². The summed E-state index contributed by atoms with van der Waals surface area (Å²) in [5, 5.41) is 0. The Morgan fingerprint density at radius 2 is 1.51 bits per heavy atom. The van der Waals surface area contributed by atoms with E-state index in [1.807, 2.05) is 0 Å². The molecule has 2 saturated heterocycles. The molecule has 4 nitrogen and oxygen atoms in total. The summed E-state index contributed by atoms with van der Waals surface area (Å²) in [4.78, 5) is 7.94. The minimum Gasteiger partial charge on any atom is -0.372 e. The van der Waals surface area contributed by atoms with Gasteiger partial charge in [-0.2, -0.15) is 0 Å². The van der Waals surface area contributed by atoms with E-state index in [1.54, 1.807) is 5.56 Å². The molecule has 1 aromatic carbocycles. The Hall–Kier alpha value is -0.970. The van der Waals surface area contributed by atoms with Gasteiger partial charge in [0.05, 0.1) is 12.2 Å². The van der Waals surface area contributed by atoms with E-state index in [0.717, 1.165) is 13.1 Å². The molecule has 4 rings (SSSR count). The molecular formula is C30H52ClN3O. The first-order chi connectivity index (χ1) is 16.5. The van der Waals surface area contributed by atoms with E-state index < -0.39 is 0 Å². The SMILES string of the molecule is CCCCN1CCN(c2ccc(N3CC(C)OC(C)C3)cc2C2CCC(CC)(CC)CC2)CC1.Cl. The third-order valence-corrected chi connectivity index (χ3v) is 9.32. The van der Waals surface area contributed by atoms with E-state index >= 15 is 0 Å². The number of benzene rings is 1. The van der Waals surface area contributed by atoms with Crippen molar-refractivity contribution in [3.05, 3.63) is 23.8 Å². The van der Waals surface area contributed by atoms with Crippen molar-refractivity contribution in [1.29, 1.82) is 0 Å². The molecule has 3 aliphatic rings. The Morgan fingerprint density at radius 1 is 0.886 bits per heavy atom. The third-order valence-electron chi connectivity index (χ3n) is 9.32. The molecule has 0 amide bonds. The summed E-state index contributed by atoms with van der Waals surface area (Å²) in [5.74, 6) is 0.704. The topological polar surface area (TPSA) is 19.0 Å². The van der Waals surface area contributed by atoms with Crippen molar-refractivity contribution in [2.75, 3.05) is 55.6 Å². The molecule has 1 saturated carbocycles. The van der Waals surface area contributed by atoms with Crippen molar-refractivity contribution in [3.63, 3.8) is 0 Å². The van der Waals surface area contributed by atoms with Crippen molar-refractivity contribution in [2.45, 2.75) is 104 Å². The summed E-state index contributed by atoms with van der Waals surface area (Å²) in [5.41, 5.74) is 5.16. The highest BCUT2D eigenvalue weighted by Gasteiger charge is 2.34.